The van der Waals surface area contributed by atoms with Gasteiger partial charge >= 0.3 is 0 Å². The molecule has 148 valence electrons. The van der Waals surface area contributed by atoms with Crippen LogP contribution in [0.5, 0.6) is 11.6 Å². The third-order valence-corrected chi connectivity index (χ3v) is 5.74. The van der Waals surface area contributed by atoms with Gasteiger partial charge in [-0.1, -0.05) is 37.5 Å². The molecule has 0 atom stereocenters. The van der Waals surface area contributed by atoms with Crippen molar-refractivity contribution < 1.29 is 9.53 Å². The van der Waals surface area contributed by atoms with Crippen LogP contribution in [0.2, 0.25) is 0 Å². The van der Waals surface area contributed by atoms with E-state index in [0.29, 0.717) is 17.7 Å². The van der Waals surface area contributed by atoms with E-state index >= 15 is 0 Å². The fourth-order valence-corrected chi connectivity index (χ4v) is 4.10. The minimum atomic E-state index is 0.323. The molecule has 28 heavy (non-hydrogen) atoms. The summed E-state index contributed by atoms with van der Waals surface area (Å²) in [5.74, 6) is 2.98. The average Bonchev–Trinajstić information content (AvgIpc) is 2.76. The van der Waals surface area contributed by atoms with Gasteiger partial charge in [0.15, 0.2) is 5.82 Å². The summed E-state index contributed by atoms with van der Waals surface area (Å²) >= 11 is 0. The van der Waals surface area contributed by atoms with Gasteiger partial charge in [0.05, 0.1) is 0 Å². The van der Waals surface area contributed by atoms with E-state index in [4.69, 9.17) is 4.74 Å². The van der Waals surface area contributed by atoms with Crippen molar-refractivity contribution in [2.24, 2.45) is 5.92 Å². The number of carbonyl (C=O) groups excluding carboxylic acids is 1. The number of benzene rings is 1. The van der Waals surface area contributed by atoms with Crippen LogP contribution in [0.15, 0.2) is 42.5 Å². The Labute approximate surface area is 166 Å². The maximum absolute atomic E-state index is 12.6. The highest BCUT2D eigenvalue weighted by molar-refractivity contribution is 5.76. The number of hydrogen-bond acceptors (Lipinski definition) is 5. The molecule has 1 aromatic heterocycles. The highest BCUT2D eigenvalue weighted by atomic mass is 16.5. The van der Waals surface area contributed by atoms with Gasteiger partial charge in [-0.3, -0.25) is 4.79 Å². The second-order valence-electron chi connectivity index (χ2n) is 7.72. The predicted octanol–water partition coefficient (Wildman–Crippen LogP) is 3.89. The zero-order valence-corrected chi connectivity index (χ0v) is 16.3. The van der Waals surface area contributed by atoms with E-state index in [0.717, 1.165) is 44.2 Å². The summed E-state index contributed by atoms with van der Waals surface area (Å²) in [5, 5.41) is 8.50. The molecule has 1 aliphatic heterocycles. The topological polar surface area (TPSA) is 58.6 Å². The Hall–Kier alpha value is -2.63. The highest BCUT2D eigenvalue weighted by Gasteiger charge is 2.25. The van der Waals surface area contributed by atoms with Gasteiger partial charge in [0.2, 0.25) is 11.8 Å². The molecule has 6 nitrogen and oxygen atoms in total. The number of piperazine rings is 1. The number of rotatable bonds is 5. The van der Waals surface area contributed by atoms with Crippen LogP contribution >= 0.6 is 0 Å². The first kappa shape index (κ1) is 18.7. The van der Waals surface area contributed by atoms with Gasteiger partial charge in [-0.2, -0.15) is 0 Å². The number of amides is 1. The minimum absolute atomic E-state index is 0.323. The highest BCUT2D eigenvalue weighted by Crippen LogP contribution is 2.27. The summed E-state index contributed by atoms with van der Waals surface area (Å²) in [6.07, 6.45) is 7.07. The molecule has 2 fully saturated rings. The second kappa shape index (κ2) is 9.04. The monoisotopic (exact) mass is 380 g/mol. The van der Waals surface area contributed by atoms with E-state index in [1.165, 1.54) is 32.1 Å². The van der Waals surface area contributed by atoms with Crippen LogP contribution in [0.4, 0.5) is 5.82 Å². The fraction of sp³-hybridized carbons (Fsp3) is 0.500. The molecule has 1 aromatic carbocycles. The van der Waals surface area contributed by atoms with Crippen molar-refractivity contribution in [2.75, 3.05) is 31.1 Å². The molecule has 0 radical (unpaired) electrons. The molecule has 2 heterocycles. The van der Waals surface area contributed by atoms with Crippen LogP contribution in [-0.4, -0.2) is 47.2 Å². The number of para-hydroxylation sites is 1. The maximum Gasteiger partial charge on any atom is 0.238 e. The summed E-state index contributed by atoms with van der Waals surface area (Å²) in [4.78, 5) is 16.8. The van der Waals surface area contributed by atoms with Gasteiger partial charge in [0.25, 0.3) is 0 Å². The summed E-state index contributed by atoms with van der Waals surface area (Å²) in [6, 6.07) is 13.3. The number of hydrogen-bond donors (Lipinski definition) is 0. The van der Waals surface area contributed by atoms with Crippen LogP contribution in [0.3, 0.4) is 0 Å². The third-order valence-electron chi connectivity index (χ3n) is 5.74. The SMILES string of the molecule is O=C(CC1CCCCC1)N1CCN(c2ccc(Oc3ccccc3)nn2)CC1. The molecule has 0 unspecified atom stereocenters. The van der Waals surface area contributed by atoms with Crippen molar-refractivity contribution in [2.45, 2.75) is 38.5 Å². The third kappa shape index (κ3) is 4.80. The van der Waals surface area contributed by atoms with Crippen LogP contribution in [0.25, 0.3) is 0 Å². The Balaban J connectivity index is 1.27. The van der Waals surface area contributed by atoms with Crippen molar-refractivity contribution >= 4 is 11.7 Å². The number of carbonyl (C=O) groups is 1. The molecule has 2 aromatic rings. The fourth-order valence-electron chi connectivity index (χ4n) is 4.10. The van der Waals surface area contributed by atoms with E-state index in [1.54, 1.807) is 0 Å². The molecule has 1 aliphatic carbocycles. The van der Waals surface area contributed by atoms with Gasteiger partial charge in [0.1, 0.15) is 5.75 Å². The Bertz CT molecular complexity index is 752. The average molecular weight is 380 g/mol. The normalized spacial score (nSPS) is 18.1. The van der Waals surface area contributed by atoms with Gasteiger partial charge in [-0.25, -0.2) is 0 Å². The van der Waals surface area contributed by atoms with E-state index < -0.39 is 0 Å². The maximum atomic E-state index is 12.6. The lowest BCUT2D eigenvalue weighted by molar-refractivity contribution is -0.132. The van der Waals surface area contributed by atoms with E-state index in [-0.39, 0.29) is 0 Å². The van der Waals surface area contributed by atoms with Crippen molar-refractivity contribution in [3.8, 4) is 11.6 Å². The molecule has 0 bridgehead atoms. The van der Waals surface area contributed by atoms with Crippen molar-refractivity contribution in [3.63, 3.8) is 0 Å². The summed E-state index contributed by atoms with van der Waals surface area (Å²) in [6.45, 7) is 3.11. The Morgan fingerprint density at radius 3 is 2.36 bits per heavy atom. The molecule has 1 saturated carbocycles. The van der Waals surface area contributed by atoms with Gasteiger partial charge in [-0.15, -0.1) is 10.2 Å². The summed E-state index contributed by atoms with van der Waals surface area (Å²) in [7, 11) is 0. The summed E-state index contributed by atoms with van der Waals surface area (Å²) in [5.41, 5.74) is 0. The molecule has 4 rings (SSSR count). The standard InChI is InChI=1S/C22H28N4O2/c27-22(17-18-7-3-1-4-8-18)26-15-13-25(14-16-26)20-11-12-21(24-23-20)28-19-9-5-2-6-10-19/h2,5-6,9-12,18H,1,3-4,7-8,13-17H2. The largest absolute Gasteiger partial charge is 0.438 e. The quantitative estimate of drug-likeness (QED) is 0.788. The first-order chi connectivity index (χ1) is 13.8. The van der Waals surface area contributed by atoms with E-state index in [9.17, 15) is 4.79 Å². The number of aromatic nitrogens is 2. The minimum Gasteiger partial charge on any atom is -0.438 e. The van der Waals surface area contributed by atoms with Crippen molar-refractivity contribution in [1.82, 2.24) is 15.1 Å². The van der Waals surface area contributed by atoms with Crippen LogP contribution in [0.1, 0.15) is 38.5 Å². The lowest BCUT2D eigenvalue weighted by Crippen LogP contribution is -2.49. The molecule has 0 N–H and O–H groups in total. The number of anilines is 1. The Morgan fingerprint density at radius 2 is 1.68 bits per heavy atom. The van der Waals surface area contributed by atoms with Gasteiger partial charge in [0, 0.05) is 38.7 Å². The van der Waals surface area contributed by atoms with Gasteiger partial charge in [-0.05, 0) is 37.0 Å². The van der Waals surface area contributed by atoms with Crippen LogP contribution in [0, 0.1) is 5.92 Å². The first-order valence-corrected chi connectivity index (χ1v) is 10.4. The zero-order chi connectivity index (χ0) is 19.2. The van der Waals surface area contributed by atoms with Crippen LogP contribution < -0.4 is 9.64 Å². The number of nitrogens with zero attached hydrogens (tertiary/aromatic N) is 4. The zero-order valence-electron chi connectivity index (χ0n) is 16.3. The van der Waals surface area contributed by atoms with Crippen molar-refractivity contribution in [1.29, 1.82) is 0 Å². The molecular formula is C22H28N4O2. The molecular weight excluding hydrogens is 352 g/mol. The van der Waals surface area contributed by atoms with Crippen molar-refractivity contribution in [3.05, 3.63) is 42.5 Å². The predicted molar refractivity (Wildman–Crippen MR) is 109 cm³/mol. The molecule has 6 heteroatoms. The smallest absolute Gasteiger partial charge is 0.238 e. The molecule has 0 spiro atoms. The molecule has 1 saturated heterocycles. The molecule has 1 amide bonds. The van der Waals surface area contributed by atoms with Gasteiger partial charge < -0.3 is 14.5 Å². The first-order valence-electron chi connectivity index (χ1n) is 10.4. The Kier molecular flexibility index (Phi) is 6.04. The Morgan fingerprint density at radius 1 is 0.929 bits per heavy atom. The number of ether oxygens (including phenoxy) is 1. The van der Waals surface area contributed by atoms with E-state index in [1.807, 2.05) is 47.4 Å². The molecule has 2 aliphatic rings. The summed E-state index contributed by atoms with van der Waals surface area (Å²) < 4.78 is 5.70. The van der Waals surface area contributed by atoms with E-state index in [2.05, 4.69) is 15.1 Å². The lowest BCUT2D eigenvalue weighted by Gasteiger charge is -2.36. The lowest BCUT2D eigenvalue weighted by atomic mass is 9.86. The second-order valence-corrected chi connectivity index (χ2v) is 7.72. The van der Waals surface area contributed by atoms with Crippen LogP contribution in [-0.2, 0) is 4.79 Å².